The molecule has 3 aromatic carbocycles. The number of aromatic nitrogens is 1. The molecule has 4 rings (SSSR count). The molecule has 0 atom stereocenters. The number of hydrogen-bond donors (Lipinski definition) is 6. The third kappa shape index (κ3) is 6.68. The van der Waals surface area contributed by atoms with Crippen LogP contribution < -0.4 is 20.2 Å². The highest BCUT2D eigenvalue weighted by atomic mass is 32.1. The van der Waals surface area contributed by atoms with Crippen LogP contribution in [0.4, 0.5) is 0 Å². The SMILES string of the molecule is COc1ccc(CNCc2cccc(CCNC(O)(O)Cc3ccc(O)c4[nH]c(=O)sc34)c2)cc1. The van der Waals surface area contributed by atoms with Crippen LogP contribution >= 0.6 is 11.3 Å². The first-order valence-electron chi connectivity index (χ1n) is 11.3. The smallest absolute Gasteiger partial charge is 0.305 e. The highest BCUT2D eigenvalue weighted by Crippen LogP contribution is 2.29. The summed E-state index contributed by atoms with van der Waals surface area (Å²) in [5, 5.41) is 37.1. The quantitative estimate of drug-likeness (QED) is 0.177. The average Bonchev–Trinajstić information content (AvgIpc) is 3.24. The second-order valence-electron chi connectivity index (χ2n) is 8.40. The molecule has 0 aliphatic carbocycles. The van der Waals surface area contributed by atoms with Gasteiger partial charge >= 0.3 is 4.87 Å². The minimum atomic E-state index is -2.16. The number of phenolic OH excluding ortho intramolecular Hbond substituents is 1. The Labute approximate surface area is 206 Å². The number of aromatic amines is 1. The van der Waals surface area contributed by atoms with E-state index in [-0.39, 0.29) is 17.0 Å². The number of benzene rings is 3. The molecule has 1 aromatic heterocycles. The van der Waals surface area contributed by atoms with E-state index in [4.69, 9.17) is 4.74 Å². The molecule has 6 N–H and O–H groups in total. The molecule has 1 heterocycles. The van der Waals surface area contributed by atoms with Crippen LogP contribution in [0.3, 0.4) is 0 Å². The monoisotopic (exact) mass is 495 g/mol. The molecule has 184 valence electrons. The molecule has 0 saturated heterocycles. The zero-order valence-electron chi connectivity index (χ0n) is 19.4. The molecule has 35 heavy (non-hydrogen) atoms. The van der Waals surface area contributed by atoms with Crippen molar-refractivity contribution in [1.29, 1.82) is 0 Å². The maximum atomic E-state index is 11.7. The van der Waals surface area contributed by atoms with Gasteiger partial charge < -0.3 is 30.4 Å². The minimum Gasteiger partial charge on any atom is -0.506 e. The van der Waals surface area contributed by atoms with Gasteiger partial charge in [-0.3, -0.25) is 10.1 Å². The zero-order valence-corrected chi connectivity index (χ0v) is 20.2. The van der Waals surface area contributed by atoms with Crippen molar-refractivity contribution >= 4 is 21.6 Å². The van der Waals surface area contributed by atoms with Gasteiger partial charge in [0, 0.05) is 26.1 Å². The summed E-state index contributed by atoms with van der Waals surface area (Å²) in [4.78, 5) is 13.9. The van der Waals surface area contributed by atoms with E-state index in [0.29, 0.717) is 35.3 Å². The molecule has 0 radical (unpaired) electrons. The van der Waals surface area contributed by atoms with Crippen molar-refractivity contribution in [1.82, 2.24) is 15.6 Å². The number of phenols is 1. The van der Waals surface area contributed by atoms with Crippen molar-refractivity contribution in [3.05, 3.63) is 92.6 Å². The van der Waals surface area contributed by atoms with Gasteiger partial charge in [0.15, 0.2) is 0 Å². The van der Waals surface area contributed by atoms with Gasteiger partial charge in [0.25, 0.3) is 0 Å². The minimum absolute atomic E-state index is 0.0464. The van der Waals surface area contributed by atoms with Crippen molar-refractivity contribution in [3.63, 3.8) is 0 Å². The molecule has 0 aliphatic rings. The summed E-state index contributed by atoms with van der Waals surface area (Å²) in [6.45, 7) is 1.81. The number of ether oxygens (including phenoxy) is 1. The van der Waals surface area contributed by atoms with E-state index in [0.717, 1.165) is 34.8 Å². The lowest BCUT2D eigenvalue weighted by Gasteiger charge is -2.23. The van der Waals surface area contributed by atoms with Crippen molar-refractivity contribution in [3.8, 4) is 11.5 Å². The van der Waals surface area contributed by atoms with Crippen LogP contribution in [0.25, 0.3) is 10.2 Å². The zero-order chi connectivity index (χ0) is 24.8. The van der Waals surface area contributed by atoms with Gasteiger partial charge in [-0.1, -0.05) is 53.8 Å². The summed E-state index contributed by atoms with van der Waals surface area (Å²) in [5.74, 6) is -1.37. The van der Waals surface area contributed by atoms with Gasteiger partial charge in [0.05, 0.1) is 11.8 Å². The van der Waals surface area contributed by atoms with Crippen LogP contribution in [0.1, 0.15) is 22.3 Å². The Bertz CT molecular complexity index is 1330. The summed E-state index contributed by atoms with van der Waals surface area (Å²) in [6.07, 6.45) is 0.477. The molecule has 9 heteroatoms. The molecular formula is C26H29N3O5S. The third-order valence-corrected chi connectivity index (χ3v) is 6.66. The summed E-state index contributed by atoms with van der Waals surface area (Å²) >= 11 is 0.930. The number of aromatic hydroxyl groups is 1. The normalized spacial score (nSPS) is 11.7. The fourth-order valence-corrected chi connectivity index (χ4v) is 4.80. The van der Waals surface area contributed by atoms with Gasteiger partial charge in [-0.05, 0) is 46.9 Å². The predicted molar refractivity (Wildman–Crippen MR) is 137 cm³/mol. The highest BCUT2D eigenvalue weighted by Gasteiger charge is 2.25. The molecule has 4 aromatic rings. The molecule has 0 spiro atoms. The highest BCUT2D eigenvalue weighted by molar-refractivity contribution is 7.16. The Kier molecular flexibility index (Phi) is 7.84. The summed E-state index contributed by atoms with van der Waals surface area (Å²) in [7, 11) is 1.65. The number of fused-ring (bicyclic) bond motifs is 1. The second-order valence-corrected chi connectivity index (χ2v) is 9.39. The van der Waals surface area contributed by atoms with E-state index in [1.54, 1.807) is 13.2 Å². The largest absolute Gasteiger partial charge is 0.506 e. The molecular weight excluding hydrogens is 466 g/mol. The van der Waals surface area contributed by atoms with Gasteiger partial charge in [0.1, 0.15) is 17.0 Å². The Balaban J connectivity index is 1.28. The Morgan fingerprint density at radius 3 is 2.51 bits per heavy atom. The van der Waals surface area contributed by atoms with Gasteiger partial charge in [-0.25, -0.2) is 0 Å². The van der Waals surface area contributed by atoms with Crippen LogP contribution in [-0.2, 0) is 25.9 Å². The van der Waals surface area contributed by atoms with Crippen LogP contribution in [0, 0.1) is 0 Å². The van der Waals surface area contributed by atoms with E-state index >= 15 is 0 Å². The lowest BCUT2D eigenvalue weighted by molar-refractivity contribution is -0.183. The van der Waals surface area contributed by atoms with Crippen LogP contribution in [0.5, 0.6) is 11.5 Å². The number of nitrogens with one attached hydrogen (secondary N) is 3. The van der Waals surface area contributed by atoms with Crippen molar-refractivity contribution in [2.45, 2.75) is 31.8 Å². The van der Waals surface area contributed by atoms with Gasteiger partial charge in [0.2, 0.25) is 5.91 Å². The molecule has 0 saturated carbocycles. The van der Waals surface area contributed by atoms with E-state index in [2.05, 4.69) is 27.8 Å². The summed E-state index contributed by atoms with van der Waals surface area (Å²) < 4.78 is 5.70. The van der Waals surface area contributed by atoms with Crippen LogP contribution in [-0.4, -0.2) is 39.9 Å². The summed E-state index contributed by atoms with van der Waals surface area (Å²) in [6, 6.07) is 19.1. The number of aliphatic hydroxyl groups is 2. The molecule has 0 amide bonds. The van der Waals surface area contributed by atoms with Crippen molar-refractivity contribution in [2.75, 3.05) is 13.7 Å². The maximum Gasteiger partial charge on any atom is 0.305 e. The van der Waals surface area contributed by atoms with E-state index < -0.39 is 5.91 Å². The van der Waals surface area contributed by atoms with E-state index in [9.17, 15) is 20.1 Å². The number of hydrogen-bond acceptors (Lipinski definition) is 8. The average molecular weight is 496 g/mol. The Morgan fingerprint density at radius 1 is 1.00 bits per heavy atom. The standard InChI is InChI=1S/C26H29N3O5S/c1-34-21-8-5-18(6-9-21)15-27-16-19-4-2-3-17(13-19)11-12-28-26(32,33)14-20-7-10-22(30)23-24(20)35-25(31)29-23/h2-10,13,27-28,30,32-33H,11-12,14-16H2,1H3,(H,29,31). The molecule has 8 nitrogen and oxygen atoms in total. The molecule has 0 unspecified atom stereocenters. The lowest BCUT2D eigenvalue weighted by Crippen LogP contribution is -2.47. The number of methoxy groups -OCH3 is 1. The third-order valence-electron chi connectivity index (χ3n) is 5.71. The van der Waals surface area contributed by atoms with Gasteiger partial charge in [-0.2, -0.15) is 0 Å². The summed E-state index contributed by atoms with van der Waals surface area (Å²) in [5.41, 5.74) is 4.26. The second kappa shape index (κ2) is 11.0. The van der Waals surface area contributed by atoms with Crippen LogP contribution in [0.2, 0.25) is 0 Å². The fourth-order valence-electron chi connectivity index (χ4n) is 3.94. The van der Waals surface area contributed by atoms with Gasteiger partial charge in [-0.15, -0.1) is 0 Å². The first-order chi connectivity index (χ1) is 16.8. The number of H-pyrrole nitrogens is 1. The lowest BCUT2D eigenvalue weighted by atomic mass is 10.1. The van der Waals surface area contributed by atoms with Crippen LogP contribution in [0.15, 0.2) is 65.5 Å². The topological polar surface area (TPSA) is 127 Å². The fraction of sp³-hybridized carbons (Fsp3) is 0.269. The molecule has 0 fully saturated rings. The number of rotatable bonds is 11. The maximum absolute atomic E-state index is 11.7. The van der Waals surface area contributed by atoms with E-state index in [1.807, 2.05) is 36.4 Å². The van der Waals surface area contributed by atoms with E-state index in [1.165, 1.54) is 11.6 Å². The Morgan fingerprint density at radius 2 is 1.74 bits per heavy atom. The van der Waals surface area contributed by atoms with Crippen molar-refractivity contribution in [2.24, 2.45) is 0 Å². The first-order valence-corrected chi connectivity index (χ1v) is 12.1. The Hall–Kier alpha value is -3.21. The van der Waals surface area contributed by atoms with Crippen molar-refractivity contribution < 1.29 is 20.1 Å². The first kappa shape index (κ1) is 24.9. The number of thiazole rings is 1. The molecule has 0 bridgehead atoms. The predicted octanol–water partition coefficient (Wildman–Crippen LogP) is 2.61. The molecule has 0 aliphatic heterocycles.